The van der Waals surface area contributed by atoms with Crippen molar-refractivity contribution in [3.05, 3.63) is 83.4 Å². The van der Waals surface area contributed by atoms with Crippen molar-refractivity contribution in [3.8, 4) is 5.75 Å². The molecule has 0 amide bonds. The Kier molecular flexibility index (Phi) is 6.19. The van der Waals surface area contributed by atoms with Gasteiger partial charge in [-0.25, -0.2) is 13.8 Å². The lowest BCUT2D eigenvalue weighted by Crippen LogP contribution is -2.54. The van der Waals surface area contributed by atoms with Crippen LogP contribution in [0.4, 0.5) is 39.0 Å². The number of aliphatic imine (C=N–C) groups is 1. The maximum absolute atomic E-state index is 14.7. The van der Waals surface area contributed by atoms with Crippen LogP contribution in [0.5, 0.6) is 5.75 Å². The minimum absolute atomic E-state index is 0.119. The Morgan fingerprint density at radius 2 is 1.58 bits per heavy atom. The van der Waals surface area contributed by atoms with E-state index in [9.17, 15) is 22.0 Å². The Bertz CT molecular complexity index is 1300. The summed E-state index contributed by atoms with van der Waals surface area (Å²) in [5.74, 6) is -0.251. The zero-order valence-corrected chi connectivity index (χ0v) is 19.4. The third-order valence-electron chi connectivity index (χ3n) is 6.38. The Morgan fingerprint density at radius 1 is 0.861 bits per heavy atom. The van der Waals surface area contributed by atoms with E-state index in [-0.39, 0.29) is 29.5 Å². The molecule has 2 heterocycles. The Hall–Kier alpha value is -3.82. The van der Waals surface area contributed by atoms with Crippen LogP contribution in [-0.2, 0) is 12.7 Å². The summed E-state index contributed by atoms with van der Waals surface area (Å²) in [6.45, 7) is 2.09. The first-order valence-electron chi connectivity index (χ1n) is 11.4. The number of rotatable bonds is 3. The maximum atomic E-state index is 14.7. The molecule has 2 aliphatic heterocycles. The summed E-state index contributed by atoms with van der Waals surface area (Å²) < 4.78 is 74.5. The fraction of sp³-hybridized carbons (Fsp3) is 0.269. The lowest BCUT2D eigenvalue weighted by atomic mass is 10.1. The van der Waals surface area contributed by atoms with Gasteiger partial charge >= 0.3 is 6.18 Å². The molecule has 0 saturated carbocycles. The van der Waals surface area contributed by atoms with Crippen LogP contribution >= 0.6 is 0 Å². The van der Waals surface area contributed by atoms with Crippen LogP contribution in [0.15, 0.2) is 65.7 Å². The van der Waals surface area contributed by atoms with Gasteiger partial charge in [0.1, 0.15) is 23.1 Å². The van der Waals surface area contributed by atoms with Crippen molar-refractivity contribution in [2.75, 3.05) is 43.1 Å². The number of para-hydroxylation sites is 1. The van der Waals surface area contributed by atoms with Gasteiger partial charge in [-0.05, 0) is 42.5 Å². The highest BCUT2D eigenvalue weighted by atomic mass is 19.4. The zero-order chi connectivity index (χ0) is 25.4. The molecule has 188 valence electrons. The molecule has 10 heteroatoms. The summed E-state index contributed by atoms with van der Waals surface area (Å²) >= 11 is 0. The first-order chi connectivity index (χ1) is 17.2. The SMILES string of the molecule is COc1ccc(C(F)(F)F)cc1N1Cc2cccc(F)c2N=C1N1CCN(c2cccc(F)c2)CC1. The highest BCUT2D eigenvalue weighted by Gasteiger charge is 2.35. The summed E-state index contributed by atoms with van der Waals surface area (Å²) in [6, 6.07) is 14.1. The molecule has 5 rings (SSSR count). The monoisotopic (exact) mass is 502 g/mol. The lowest BCUT2D eigenvalue weighted by molar-refractivity contribution is -0.137. The van der Waals surface area contributed by atoms with Crippen molar-refractivity contribution in [2.45, 2.75) is 12.7 Å². The number of hydrogen-bond donors (Lipinski definition) is 0. The number of ether oxygens (including phenoxy) is 1. The molecular formula is C26H23F5N4O. The average Bonchev–Trinajstić information content (AvgIpc) is 2.87. The average molecular weight is 502 g/mol. The molecule has 3 aromatic rings. The molecule has 1 fully saturated rings. The molecule has 0 bridgehead atoms. The number of halogens is 5. The third kappa shape index (κ3) is 4.55. The maximum Gasteiger partial charge on any atom is 0.416 e. The normalized spacial score (nSPS) is 16.1. The largest absolute Gasteiger partial charge is 0.495 e. The van der Waals surface area contributed by atoms with Gasteiger partial charge in [0.15, 0.2) is 0 Å². The van der Waals surface area contributed by atoms with E-state index in [0.29, 0.717) is 37.7 Å². The van der Waals surface area contributed by atoms with Gasteiger partial charge in [0.2, 0.25) is 5.96 Å². The van der Waals surface area contributed by atoms with Gasteiger partial charge in [0, 0.05) is 37.4 Å². The van der Waals surface area contributed by atoms with Gasteiger partial charge in [-0.1, -0.05) is 18.2 Å². The van der Waals surface area contributed by atoms with Crippen molar-refractivity contribution in [2.24, 2.45) is 4.99 Å². The number of benzene rings is 3. The van der Waals surface area contributed by atoms with Crippen molar-refractivity contribution < 1.29 is 26.7 Å². The summed E-state index contributed by atoms with van der Waals surface area (Å²) in [4.78, 5) is 10.1. The second-order valence-corrected chi connectivity index (χ2v) is 8.58. The van der Waals surface area contributed by atoms with Gasteiger partial charge in [-0.2, -0.15) is 13.2 Å². The molecule has 2 aliphatic rings. The molecule has 36 heavy (non-hydrogen) atoms. The molecule has 0 unspecified atom stereocenters. The first-order valence-corrected chi connectivity index (χ1v) is 11.4. The Labute approximate surface area is 205 Å². The molecule has 0 N–H and O–H groups in total. The second-order valence-electron chi connectivity index (χ2n) is 8.58. The molecule has 5 nitrogen and oxygen atoms in total. The van der Waals surface area contributed by atoms with Gasteiger partial charge in [-0.3, -0.25) is 0 Å². The van der Waals surface area contributed by atoms with E-state index in [1.165, 1.54) is 31.4 Å². The lowest BCUT2D eigenvalue weighted by Gasteiger charge is -2.42. The summed E-state index contributed by atoms with van der Waals surface area (Å²) in [7, 11) is 1.39. The van der Waals surface area contributed by atoms with Gasteiger partial charge < -0.3 is 19.4 Å². The van der Waals surface area contributed by atoms with Crippen LogP contribution in [0.3, 0.4) is 0 Å². The predicted molar refractivity (Wildman–Crippen MR) is 128 cm³/mol. The summed E-state index contributed by atoms with van der Waals surface area (Å²) in [5, 5.41) is 0. The number of hydrogen-bond acceptors (Lipinski definition) is 5. The van der Waals surface area contributed by atoms with Crippen molar-refractivity contribution in [1.82, 2.24) is 4.90 Å². The second kappa shape index (κ2) is 9.33. The number of guanidine groups is 1. The minimum atomic E-state index is -4.55. The first kappa shape index (κ1) is 23.9. The van der Waals surface area contributed by atoms with Crippen molar-refractivity contribution in [1.29, 1.82) is 0 Å². The van der Waals surface area contributed by atoms with Crippen molar-refractivity contribution >= 4 is 23.0 Å². The minimum Gasteiger partial charge on any atom is -0.495 e. The fourth-order valence-corrected chi connectivity index (χ4v) is 4.56. The molecule has 0 radical (unpaired) electrons. The predicted octanol–water partition coefficient (Wildman–Crippen LogP) is 5.82. The molecule has 1 saturated heterocycles. The quantitative estimate of drug-likeness (QED) is 0.423. The fourth-order valence-electron chi connectivity index (χ4n) is 4.56. The van der Waals surface area contributed by atoms with E-state index in [1.54, 1.807) is 23.1 Å². The number of alkyl halides is 3. The van der Waals surface area contributed by atoms with E-state index in [1.807, 2.05) is 15.9 Å². The van der Waals surface area contributed by atoms with Crippen molar-refractivity contribution in [3.63, 3.8) is 0 Å². The third-order valence-corrected chi connectivity index (χ3v) is 6.38. The summed E-state index contributed by atoms with van der Waals surface area (Å²) in [6.07, 6.45) is -4.55. The highest BCUT2D eigenvalue weighted by Crippen LogP contribution is 2.40. The Morgan fingerprint density at radius 3 is 2.28 bits per heavy atom. The highest BCUT2D eigenvalue weighted by molar-refractivity contribution is 6.00. The van der Waals surface area contributed by atoms with Gasteiger partial charge in [0.05, 0.1) is 24.9 Å². The Balaban J connectivity index is 1.52. The standard InChI is InChI=1S/C26H23F5N4O/c1-36-23-9-8-18(26(29,30)31)14-22(23)35-16-17-4-2-7-21(28)24(17)32-25(35)34-12-10-33(11-13-34)20-6-3-5-19(27)15-20/h2-9,14-15H,10-13,16H2,1H3. The number of anilines is 2. The van der Waals surface area contributed by atoms with E-state index >= 15 is 0 Å². The number of nitrogens with zero attached hydrogens (tertiary/aromatic N) is 4. The molecule has 3 aromatic carbocycles. The van der Waals surface area contributed by atoms with E-state index in [4.69, 9.17) is 4.74 Å². The van der Waals surface area contributed by atoms with Crippen LogP contribution in [-0.4, -0.2) is 44.1 Å². The van der Waals surface area contributed by atoms with E-state index < -0.39 is 17.6 Å². The molecule has 0 spiro atoms. The molecule has 0 aromatic heterocycles. The summed E-state index contributed by atoms with van der Waals surface area (Å²) in [5.41, 5.74) is 0.832. The smallest absolute Gasteiger partial charge is 0.416 e. The number of fused-ring (bicyclic) bond motifs is 1. The zero-order valence-electron chi connectivity index (χ0n) is 19.4. The topological polar surface area (TPSA) is 31.3 Å². The van der Waals surface area contributed by atoms with Gasteiger partial charge in [-0.15, -0.1) is 0 Å². The van der Waals surface area contributed by atoms with Crippen LogP contribution in [0.25, 0.3) is 0 Å². The molecule has 0 aliphatic carbocycles. The van der Waals surface area contributed by atoms with E-state index in [2.05, 4.69) is 4.99 Å². The van der Waals surface area contributed by atoms with Crippen LogP contribution in [0, 0.1) is 11.6 Å². The molecule has 0 atom stereocenters. The molecular weight excluding hydrogens is 479 g/mol. The number of methoxy groups -OCH3 is 1. The van der Waals surface area contributed by atoms with Gasteiger partial charge in [0.25, 0.3) is 0 Å². The van der Waals surface area contributed by atoms with Crippen LogP contribution in [0.2, 0.25) is 0 Å². The van der Waals surface area contributed by atoms with E-state index in [0.717, 1.165) is 17.8 Å². The number of piperazine rings is 1. The van der Waals surface area contributed by atoms with Crippen LogP contribution < -0.4 is 14.5 Å². The van der Waals surface area contributed by atoms with Crippen LogP contribution in [0.1, 0.15) is 11.1 Å².